The average Bonchev–Trinajstić information content (AvgIpc) is 2.58. The Bertz CT molecular complexity index is 692. The molecule has 0 fully saturated rings. The predicted molar refractivity (Wildman–Crippen MR) is 85.5 cm³/mol. The van der Waals surface area contributed by atoms with Gasteiger partial charge < -0.3 is 9.47 Å². The van der Waals surface area contributed by atoms with Crippen molar-refractivity contribution in [2.24, 2.45) is 0 Å². The first-order valence-electron chi connectivity index (χ1n) is 6.70. The van der Waals surface area contributed by atoms with E-state index in [2.05, 4.69) is 10.9 Å². The number of carbonyl (C=O) groups is 2. The maximum atomic E-state index is 12.0. The van der Waals surface area contributed by atoms with Gasteiger partial charge in [0.2, 0.25) is 0 Å². The zero-order valence-corrected chi connectivity index (χ0v) is 13.1. The molecule has 0 spiro atoms. The van der Waals surface area contributed by atoms with Crippen LogP contribution >= 0.6 is 11.6 Å². The van der Waals surface area contributed by atoms with Crippen LogP contribution in [0.2, 0.25) is 5.02 Å². The van der Waals surface area contributed by atoms with Crippen LogP contribution in [-0.4, -0.2) is 25.5 Å². The molecule has 0 aliphatic carbocycles. The number of nitrogens with one attached hydrogen (secondary N) is 2. The van der Waals surface area contributed by atoms with Gasteiger partial charge in [0.1, 0.15) is 11.5 Å². The van der Waals surface area contributed by atoms with Crippen molar-refractivity contribution >= 4 is 23.4 Å². The van der Waals surface area contributed by atoms with Crippen molar-refractivity contribution in [3.63, 3.8) is 0 Å². The lowest BCUT2D eigenvalue weighted by atomic mass is 10.2. The number of amides is 2. The van der Waals surface area contributed by atoms with Gasteiger partial charge in [0.15, 0.2) is 6.61 Å². The Kier molecular flexibility index (Phi) is 5.82. The van der Waals surface area contributed by atoms with E-state index >= 15 is 0 Å². The fourth-order valence-electron chi connectivity index (χ4n) is 1.75. The standard InChI is InChI=1S/C16H15ClN2O4/c1-22-14-9-11(17)7-8-13(14)16(21)19-18-15(20)10-23-12-5-3-2-4-6-12/h2-9H,10H2,1H3,(H,18,20)(H,19,21). The Labute approximate surface area is 138 Å². The molecule has 0 atom stereocenters. The highest BCUT2D eigenvalue weighted by Gasteiger charge is 2.13. The molecular weight excluding hydrogens is 320 g/mol. The van der Waals surface area contributed by atoms with Crippen molar-refractivity contribution in [2.45, 2.75) is 0 Å². The molecule has 2 rings (SSSR count). The highest BCUT2D eigenvalue weighted by atomic mass is 35.5. The van der Waals surface area contributed by atoms with Crippen LogP contribution in [0, 0.1) is 0 Å². The van der Waals surface area contributed by atoms with Crippen LogP contribution in [0.5, 0.6) is 11.5 Å². The molecule has 0 bridgehead atoms. The number of rotatable bonds is 5. The fraction of sp³-hybridized carbons (Fsp3) is 0.125. The first-order chi connectivity index (χ1) is 11.1. The first kappa shape index (κ1) is 16.6. The maximum absolute atomic E-state index is 12.0. The third kappa shape index (κ3) is 4.89. The van der Waals surface area contributed by atoms with Gasteiger partial charge in [-0.15, -0.1) is 0 Å². The number of ether oxygens (including phenoxy) is 2. The molecule has 0 unspecified atom stereocenters. The summed E-state index contributed by atoms with van der Waals surface area (Å²) in [5.41, 5.74) is 4.80. The summed E-state index contributed by atoms with van der Waals surface area (Å²) in [5.74, 6) is -0.139. The molecule has 6 nitrogen and oxygen atoms in total. The van der Waals surface area contributed by atoms with Crippen molar-refractivity contribution in [3.8, 4) is 11.5 Å². The predicted octanol–water partition coefficient (Wildman–Crippen LogP) is 2.19. The summed E-state index contributed by atoms with van der Waals surface area (Å²) < 4.78 is 10.3. The molecule has 23 heavy (non-hydrogen) atoms. The molecule has 2 N–H and O–H groups in total. The summed E-state index contributed by atoms with van der Waals surface area (Å²) in [6.45, 7) is -0.220. The molecule has 0 radical (unpaired) electrons. The molecule has 2 aromatic carbocycles. The topological polar surface area (TPSA) is 76.7 Å². The summed E-state index contributed by atoms with van der Waals surface area (Å²) in [6.07, 6.45) is 0. The highest BCUT2D eigenvalue weighted by Crippen LogP contribution is 2.22. The van der Waals surface area contributed by atoms with E-state index in [0.717, 1.165) is 0 Å². The molecule has 0 heterocycles. The average molecular weight is 335 g/mol. The van der Waals surface area contributed by atoms with E-state index in [-0.39, 0.29) is 12.2 Å². The van der Waals surface area contributed by atoms with Crippen LogP contribution in [0.3, 0.4) is 0 Å². The van der Waals surface area contributed by atoms with Gasteiger partial charge in [-0.3, -0.25) is 20.4 Å². The van der Waals surface area contributed by atoms with Crippen molar-refractivity contribution in [3.05, 3.63) is 59.1 Å². The van der Waals surface area contributed by atoms with Crippen LogP contribution in [-0.2, 0) is 4.79 Å². The molecule has 2 amide bonds. The second-order valence-corrected chi connectivity index (χ2v) is 4.89. The highest BCUT2D eigenvalue weighted by molar-refractivity contribution is 6.30. The van der Waals surface area contributed by atoms with Crippen molar-refractivity contribution in [1.29, 1.82) is 0 Å². The minimum atomic E-state index is -0.522. The molecule has 0 aliphatic heterocycles. The zero-order chi connectivity index (χ0) is 16.7. The van der Waals surface area contributed by atoms with Gasteiger partial charge in [-0.05, 0) is 30.3 Å². The van der Waals surface area contributed by atoms with Crippen LogP contribution in [0.25, 0.3) is 0 Å². The number of para-hydroxylation sites is 1. The Morgan fingerprint density at radius 2 is 1.83 bits per heavy atom. The van der Waals surface area contributed by atoms with E-state index < -0.39 is 11.8 Å². The minimum absolute atomic E-state index is 0.220. The molecule has 2 aromatic rings. The molecule has 0 aromatic heterocycles. The number of methoxy groups -OCH3 is 1. The summed E-state index contributed by atoms with van der Waals surface area (Å²) in [6, 6.07) is 13.4. The Hall–Kier alpha value is -2.73. The van der Waals surface area contributed by atoms with E-state index in [4.69, 9.17) is 21.1 Å². The minimum Gasteiger partial charge on any atom is -0.496 e. The van der Waals surface area contributed by atoms with E-state index in [1.807, 2.05) is 6.07 Å². The van der Waals surface area contributed by atoms with E-state index in [1.165, 1.54) is 19.2 Å². The molecule has 0 saturated heterocycles. The molecule has 0 aliphatic rings. The van der Waals surface area contributed by atoms with Crippen LogP contribution in [0.4, 0.5) is 0 Å². The van der Waals surface area contributed by atoms with Crippen molar-refractivity contribution < 1.29 is 19.1 Å². The Morgan fingerprint density at radius 1 is 1.09 bits per heavy atom. The summed E-state index contributed by atoms with van der Waals surface area (Å²) in [5, 5.41) is 0.443. The number of carbonyl (C=O) groups excluding carboxylic acids is 2. The SMILES string of the molecule is COc1cc(Cl)ccc1C(=O)NNC(=O)COc1ccccc1. The van der Waals surface area contributed by atoms with Gasteiger partial charge in [-0.2, -0.15) is 0 Å². The van der Waals surface area contributed by atoms with Crippen LogP contribution in [0.15, 0.2) is 48.5 Å². The largest absolute Gasteiger partial charge is 0.496 e. The number of hydrazine groups is 1. The molecular formula is C16H15ClN2O4. The van der Waals surface area contributed by atoms with Gasteiger partial charge in [0.25, 0.3) is 11.8 Å². The quantitative estimate of drug-likeness (QED) is 0.822. The van der Waals surface area contributed by atoms with Crippen molar-refractivity contribution in [1.82, 2.24) is 10.9 Å². The summed E-state index contributed by atoms with van der Waals surface area (Å²) in [7, 11) is 1.43. The molecule has 0 saturated carbocycles. The monoisotopic (exact) mass is 334 g/mol. The van der Waals surface area contributed by atoms with E-state index in [0.29, 0.717) is 16.5 Å². The number of halogens is 1. The Morgan fingerprint density at radius 3 is 2.52 bits per heavy atom. The summed E-state index contributed by atoms with van der Waals surface area (Å²) >= 11 is 5.83. The van der Waals surface area contributed by atoms with Gasteiger partial charge >= 0.3 is 0 Å². The first-order valence-corrected chi connectivity index (χ1v) is 7.08. The van der Waals surface area contributed by atoms with Gasteiger partial charge in [0, 0.05) is 5.02 Å². The zero-order valence-electron chi connectivity index (χ0n) is 12.3. The third-order valence-electron chi connectivity index (χ3n) is 2.84. The number of hydrogen-bond donors (Lipinski definition) is 2. The lowest BCUT2D eigenvalue weighted by Crippen LogP contribution is -2.43. The van der Waals surface area contributed by atoms with E-state index in [1.54, 1.807) is 30.3 Å². The smallest absolute Gasteiger partial charge is 0.276 e. The lowest BCUT2D eigenvalue weighted by Gasteiger charge is -2.11. The third-order valence-corrected chi connectivity index (χ3v) is 3.07. The second-order valence-electron chi connectivity index (χ2n) is 4.45. The Balaban J connectivity index is 1.85. The lowest BCUT2D eigenvalue weighted by molar-refractivity contribution is -0.123. The second kappa shape index (κ2) is 8.05. The normalized spacial score (nSPS) is 9.83. The van der Waals surface area contributed by atoms with Crippen molar-refractivity contribution in [2.75, 3.05) is 13.7 Å². The maximum Gasteiger partial charge on any atom is 0.276 e. The van der Waals surface area contributed by atoms with Gasteiger partial charge in [-0.25, -0.2) is 0 Å². The number of hydrogen-bond acceptors (Lipinski definition) is 4. The summed E-state index contributed by atoms with van der Waals surface area (Å²) in [4.78, 5) is 23.7. The van der Waals surface area contributed by atoms with Gasteiger partial charge in [-0.1, -0.05) is 29.8 Å². The molecule has 7 heteroatoms. The van der Waals surface area contributed by atoms with Crippen LogP contribution in [0.1, 0.15) is 10.4 Å². The van der Waals surface area contributed by atoms with Gasteiger partial charge in [0.05, 0.1) is 12.7 Å². The molecule has 120 valence electrons. The van der Waals surface area contributed by atoms with Crippen LogP contribution < -0.4 is 20.3 Å². The van der Waals surface area contributed by atoms with E-state index in [9.17, 15) is 9.59 Å². The number of benzene rings is 2. The fourth-order valence-corrected chi connectivity index (χ4v) is 1.91.